The van der Waals surface area contributed by atoms with Crippen LogP contribution in [0.15, 0.2) is 35.3 Å². The third kappa shape index (κ3) is 12.4. The summed E-state index contributed by atoms with van der Waals surface area (Å²) in [5.41, 5.74) is 0. The Kier molecular flexibility index (Phi) is 16.0. The van der Waals surface area contributed by atoms with Crippen molar-refractivity contribution < 1.29 is 14.2 Å². The highest BCUT2D eigenvalue weighted by Crippen LogP contribution is 2.07. The number of hydrogen-bond acceptors (Lipinski definition) is 4. The van der Waals surface area contributed by atoms with Gasteiger partial charge in [-0.25, -0.2) is 0 Å². The molecule has 1 aromatic rings. The number of rotatable bonds is 12. The monoisotopic (exact) mass is 451 g/mol. The largest absolute Gasteiger partial charge is 0.492 e. The van der Waals surface area contributed by atoms with Crippen molar-refractivity contribution in [3.8, 4) is 5.75 Å². The van der Waals surface area contributed by atoms with Crippen molar-refractivity contribution in [3.05, 3.63) is 30.3 Å². The second kappa shape index (κ2) is 16.8. The van der Waals surface area contributed by atoms with Crippen LogP contribution >= 0.6 is 24.0 Å². The van der Waals surface area contributed by atoms with Crippen LogP contribution in [0, 0.1) is 0 Å². The molecule has 0 aromatic heterocycles. The molecule has 2 N–H and O–H groups in total. The number of halogens is 1. The number of para-hydroxylation sites is 1. The number of methoxy groups -OCH3 is 1. The Morgan fingerprint density at radius 2 is 1.71 bits per heavy atom. The molecule has 1 rings (SSSR count). The smallest absolute Gasteiger partial charge is 0.191 e. The number of unbranched alkanes of at least 4 members (excludes halogenated alkanes) is 1. The van der Waals surface area contributed by atoms with Crippen LogP contribution in [0.1, 0.15) is 12.8 Å². The van der Waals surface area contributed by atoms with E-state index in [1.165, 1.54) is 0 Å². The van der Waals surface area contributed by atoms with Crippen molar-refractivity contribution in [3.63, 3.8) is 0 Å². The Morgan fingerprint density at radius 3 is 2.42 bits per heavy atom. The summed E-state index contributed by atoms with van der Waals surface area (Å²) in [5, 5.41) is 6.50. The van der Waals surface area contributed by atoms with Gasteiger partial charge in [-0.05, 0) is 25.0 Å². The highest BCUT2D eigenvalue weighted by atomic mass is 127. The predicted octanol–water partition coefficient (Wildman–Crippen LogP) is 2.29. The van der Waals surface area contributed by atoms with Crippen molar-refractivity contribution in [2.75, 3.05) is 53.7 Å². The van der Waals surface area contributed by atoms with Gasteiger partial charge >= 0.3 is 0 Å². The number of nitrogens with zero attached hydrogens (tertiary/aromatic N) is 1. The van der Waals surface area contributed by atoms with E-state index < -0.39 is 0 Å². The lowest BCUT2D eigenvalue weighted by molar-refractivity contribution is 0.0689. The van der Waals surface area contributed by atoms with Gasteiger partial charge < -0.3 is 24.8 Å². The van der Waals surface area contributed by atoms with Crippen molar-refractivity contribution in [1.82, 2.24) is 10.6 Å². The molecule has 138 valence electrons. The highest BCUT2D eigenvalue weighted by molar-refractivity contribution is 14.0. The van der Waals surface area contributed by atoms with Gasteiger partial charge in [0.05, 0.1) is 19.8 Å². The Morgan fingerprint density at radius 1 is 0.958 bits per heavy atom. The maximum atomic E-state index is 5.62. The third-order valence-electron chi connectivity index (χ3n) is 3.07. The Hall–Kier alpha value is -1.06. The van der Waals surface area contributed by atoms with Crippen LogP contribution in [0.5, 0.6) is 5.75 Å². The molecule has 0 saturated carbocycles. The van der Waals surface area contributed by atoms with Gasteiger partial charge in [-0.1, -0.05) is 18.2 Å². The summed E-state index contributed by atoms with van der Waals surface area (Å²) < 4.78 is 16.0. The first kappa shape index (κ1) is 22.9. The summed E-state index contributed by atoms with van der Waals surface area (Å²) in [4.78, 5) is 4.18. The quantitative estimate of drug-likeness (QED) is 0.221. The second-order valence-corrected chi connectivity index (χ2v) is 4.90. The van der Waals surface area contributed by atoms with E-state index in [1.807, 2.05) is 30.3 Å². The van der Waals surface area contributed by atoms with Gasteiger partial charge in [-0.3, -0.25) is 4.99 Å². The first-order valence-corrected chi connectivity index (χ1v) is 8.06. The fourth-order valence-corrected chi connectivity index (χ4v) is 1.86. The first-order valence-electron chi connectivity index (χ1n) is 8.06. The standard InChI is InChI=1S/C17H29N3O3.HI/c1-18-17(19-10-6-7-12-22-15-14-21-2)20-11-13-23-16-8-4-3-5-9-16;/h3-5,8-9H,6-7,10-15H2,1-2H3,(H2,18,19,20);1H. The number of nitrogens with one attached hydrogen (secondary N) is 2. The Bertz CT molecular complexity index is 419. The molecule has 0 unspecified atom stereocenters. The average molecular weight is 451 g/mol. The summed E-state index contributed by atoms with van der Waals surface area (Å²) in [6, 6.07) is 9.79. The minimum atomic E-state index is 0. The Balaban J connectivity index is 0.00000529. The molecule has 0 atom stereocenters. The fraction of sp³-hybridized carbons (Fsp3) is 0.588. The summed E-state index contributed by atoms with van der Waals surface area (Å²) in [6.45, 7) is 4.25. The van der Waals surface area contributed by atoms with E-state index in [1.54, 1.807) is 14.2 Å². The molecule has 0 saturated heterocycles. The topological polar surface area (TPSA) is 64.1 Å². The third-order valence-corrected chi connectivity index (χ3v) is 3.07. The summed E-state index contributed by atoms with van der Waals surface area (Å²) in [6.07, 6.45) is 2.05. The molecule has 24 heavy (non-hydrogen) atoms. The van der Waals surface area contributed by atoms with Crippen LogP contribution in [0.4, 0.5) is 0 Å². The fourth-order valence-electron chi connectivity index (χ4n) is 1.86. The SMILES string of the molecule is CN=C(NCCCCOCCOC)NCCOc1ccccc1.I. The lowest BCUT2D eigenvalue weighted by Crippen LogP contribution is -2.39. The number of ether oxygens (including phenoxy) is 3. The lowest BCUT2D eigenvalue weighted by atomic mass is 10.3. The maximum absolute atomic E-state index is 5.62. The molecule has 0 aliphatic rings. The van der Waals surface area contributed by atoms with E-state index in [0.29, 0.717) is 26.4 Å². The number of benzene rings is 1. The van der Waals surface area contributed by atoms with E-state index in [-0.39, 0.29) is 24.0 Å². The number of aliphatic imine (C=N–C) groups is 1. The van der Waals surface area contributed by atoms with E-state index in [2.05, 4.69) is 15.6 Å². The molecule has 0 fully saturated rings. The molecule has 0 radical (unpaired) electrons. The van der Waals surface area contributed by atoms with Gasteiger partial charge in [0.15, 0.2) is 5.96 Å². The van der Waals surface area contributed by atoms with E-state index in [0.717, 1.165) is 37.7 Å². The van der Waals surface area contributed by atoms with Crippen LogP contribution in [-0.4, -0.2) is 59.6 Å². The molecule has 0 bridgehead atoms. The van der Waals surface area contributed by atoms with Crippen LogP contribution in [0.25, 0.3) is 0 Å². The highest BCUT2D eigenvalue weighted by Gasteiger charge is 1.97. The lowest BCUT2D eigenvalue weighted by Gasteiger charge is -2.12. The van der Waals surface area contributed by atoms with Crippen LogP contribution in [0.2, 0.25) is 0 Å². The zero-order valence-corrected chi connectivity index (χ0v) is 17.0. The summed E-state index contributed by atoms with van der Waals surface area (Å²) >= 11 is 0. The van der Waals surface area contributed by atoms with E-state index in [9.17, 15) is 0 Å². The van der Waals surface area contributed by atoms with E-state index in [4.69, 9.17) is 14.2 Å². The number of guanidine groups is 1. The minimum Gasteiger partial charge on any atom is -0.492 e. The molecule has 0 amide bonds. The average Bonchev–Trinajstić information content (AvgIpc) is 2.60. The molecule has 0 heterocycles. The van der Waals surface area contributed by atoms with Gasteiger partial charge in [0.25, 0.3) is 0 Å². The van der Waals surface area contributed by atoms with Gasteiger partial charge in [-0.2, -0.15) is 0 Å². The van der Waals surface area contributed by atoms with Crippen molar-refractivity contribution >= 4 is 29.9 Å². The molecular weight excluding hydrogens is 421 g/mol. The van der Waals surface area contributed by atoms with E-state index >= 15 is 0 Å². The summed E-state index contributed by atoms with van der Waals surface area (Å²) in [5.74, 6) is 1.67. The van der Waals surface area contributed by atoms with Crippen LogP contribution in [0.3, 0.4) is 0 Å². The van der Waals surface area contributed by atoms with Crippen molar-refractivity contribution in [2.24, 2.45) is 4.99 Å². The van der Waals surface area contributed by atoms with Crippen molar-refractivity contribution in [1.29, 1.82) is 0 Å². The minimum absolute atomic E-state index is 0. The summed E-state index contributed by atoms with van der Waals surface area (Å²) in [7, 11) is 3.44. The molecule has 0 spiro atoms. The zero-order valence-electron chi connectivity index (χ0n) is 14.6. The van der Waals surface area contributed by atoms with Gasteiger partial charge in [-0.15, -0.1) is 24.0 Å². The van der Waals surface area contributed by atoms with Gasteiger partial charge in [0.2, 0.25) is 0 Å². The molecule has 1 aromatic carbocycles. The molecule has 0 aliphatic heterocycles. The molecular formula is C17H30IN3O3. The van der Waals surface area contributed by atoms with Gasteiger partial charge in [0.1, 0.15) is 12.4 Å². The molecule has 6 nitrogen and oxygen atoms in total. The van der Waals surface area contributed by atoms with Gasteiger partial charge in [0, 0.05) is 27.3 Å². The molecule has 7 heteroatoms. The van der Waals surface area contributed by atoms with Crippen molar-refractivity contribution in [2.45, 2.75) is 12.8 Å². The zero-order chi connectivity index (χ0) is 16.6. The van der Waals surface area contributed by atoms with Crippen LogP contribution < -0.4 is 15.4 Å². The van der Waals surface area contributed by atoms with Crippen LogP contribution in [-0.2, 0) is 9.47 Å². The predicted molar refractivity (Wildman–Crippen MR) is 109 cm³/mol. The normalized spacial score (nSPS) is 10.8. The Labute approximate surface area is 162 Å². The first-order chi connectivity index (χ1) is 11.4. The molecule has 0 aliphatic carbocycles. The second-order valence-electron chi connectivity index (χ2n) is 4.90. The number of hydrogen-bond donors (Lipinski definition) is 2. The maximum Gasteiger partial charge on any atom is 0.191 e.